The quantitative estimate of drug-likeness (QED) is 0.379. The van der Waals surface area contributed by atoms with E-state index in [9.17, 15) is 14.4 Å². The molecule has 0 aliphatic rings. The summed E-state index contributed by atoms with van der Waals surface area (Å²) in [5, 5.41) is 0. The van der Waals surface area contributed by atoms with E-state index in [1.165, 1.54) is 0 Å². The molecule has 0 aliphatic heterocycles. The molecule has 0 aliphatic carbocycles. The highest BCUT2D eigenvalue weighted by Crippen LogP contribution is 2.08. The van der Waals surface area contributed by atoms with Gasteiger partial charge in [-0.1, -0.05) is 12.7 Å². The minimum absolute atomic E-state index is 0.176. The lowest BCUT2D eigenvalue weighted by molar-refractivity contribution is -0.121. The van der Waals surface area contributed by atoms with Crippen LogP contribution in [0.4, 0.5) is 0 Å². The SMILES string of the molecule is [B]CCCCC(=O)CCCC(=O)CCCCC(C)=O. The van der Waals surface area contributed by atoms with E-state index in [0.717, 1.165) is 25.7 Å². The van der Waals surface area contributed by atoms with Gasteiger partial charge in [-0.05, 0) is 32.6 Å². The molecule has 106 valence electrons. The second kappa shape index (κ2) is 12.1. The summed E-state index contributed by atoms with van der Waals surface area (Å²) < 4.78 is 0. The lowest BCUT2D eigenvalue weighted by atomic mass is 9.97. The zero-order valence-corrected chi connectivity index (χ0v) is 12.1. The summed E-state index contributed by atoms with van der Waals surface area (Å²) in [4.78, 5) is 33.7. The van der Waals surface area contributed by atoms with Crippen molar-refractivity contribution in [2.24, 2.45) is 0 Å². The van der Waals surface area contributed by atoms with Crippen LogP contribution in [-0.2, 0) is 14.4 Å². The summed E-state index contributed by atoms with van der Waals surface area (Å²) in [5.41, 5.74) is 0. The second-order valence-corrected chi connectivity index (χ2v) is 5.09. The molecule has 0 N–H and O–H groups in total. The molecule has 0 aromatic carbocycles. The molecule has 0 unspecified atom stereocenters. The Morgan fingerprint density at radius 1 is 0.684 bits per heavy atom. The number of carbonyl (C=O) groups is 3. The van der Waals surface area contributed by atoms with Crippen molar-refractivity contribution in [2.75, 3.05) is 0 Å². The Kier molecular flexibility index (Phi) is 11.5. The largest absolute Gasteiger partial charge is 0.300 e. The summed E-state index contributed by atoms with van der Waals surface area (Å²) in [5.74, 6) is 0.617. The molecule has 3 nitrogen and oxygen atoms in total. The lowest BCUT2D eigenvalue weighted by Gasteiger charge is -2.01. The Labute approximate surface area is 117 Å². The van der Waals surface area contributed by atoms with Crippen molar-refractivity contribution in [1.82, 2.24) is 0 Å². The van der Waals surface area contributed by atoms with Crippen molar-refractivity contribution in [1.29, 1.82) is 0 Å². The lowest BCUT2D eigenvalue weighted by Crippen LogP contribution is -2.02. The van der Waals surface area contributed by atoms with Gasteiger partial charge in [0.05, 0.1) is 7.85 Å². The van der Waals surface area contributed by atoms with Crippen LogP contribution < -0.4 is 0 Å². The number of hydrogen-bond acceptors (Lipinski definition) is 3. The van der Waals surface area contributed by atoms with Crippen molar-refractivity contribution in [3.05, 3.63) is 0 Å². The minimum atomic E-state index is 0.176. The van der Waals surface area contributed by atoms with E-state index in [-0.39, 0.29) is 17.3 Å². The standard InChI is InChI=1S/C15H25BO3/c1-13(17)7-2-3-8-14(18)10-6-11-15(19)9-4-5-12-16/h2-12H2,1H3. The maximum atomic E-state index is 11.5. The Morgan fingerprint density at radius 3 is 1.58 bits per heavy atom. The van der Waals surface area contributed by atoms with E-state index in [1.807, 2.05) is 0 Å². The van der Waals surface area contributed by atoms with Crippen molar-refractivity contribution in [2.45, 2.75) is 77.5 Å². The summed E-state index contributed by atoms with van der Waals surface area (Å²) in [6.45, 7) is 1.57. The van der Waals surface area contributed by atoms with Crippen LogP contribution in [0.25, 0.3) is 0 Å². The normalized spacial score (nSPS) is 10.4. The molecular weight excluding hydrogens is 239 g/mol. The first-order valence-electron chi connectivity index (χ1n) is 7.29. The molecule has 19 heavy (non-hydrogen) atoms. The minimum Gasteiger partial charge on any atom is -0.300 e. The summed E-state index contributed by atoms with van der Waals surface area (Å²) in [7, 11) is 5.35. The molecule has 0 heterocycles. The van der Waals surface area contributed by atoms with Gasteiger partial charge in [-0.15, -0.1) is 0 Å². The number of carbonyl (C=O) groups excluding carboxylic acids is 3. The van der Waals surface area contributed by atoms with Gasteiger partial charge in [0.15, 0.2) is 0 Å². The topological polar surface area (TPSA) is 51.2 Å². The molecular formula is C15H25BO3. The average molecular weight is 264 g/mol. The van der Waals surface area contributed by atoms with Gasteiger partial charge < -0.3 is 4.79 Å². The highest BCUT2D eigenvalue weighted by molar-refractivity contribution is 6.08. The van der Waals surface area contributed by atoms with Crippen LogP contribution in [-0.4, -0.2) is 25.2 Å². The van der Waals surface area contributed by atoms with E-state index in [1.54, 1.807) is 6.92 Å². The van der Waals surface area contributed by atoms with E-state index in [0.29, 0.717) is 44.8 Å². The highest BCUT2D eigenvalue weighted by atomic mass is 16.1. The van der Waals surface area contributed by atoms with Crippen molar-refractivity contribution >= 4 is 25.2 Å². The van der Waals surface area contributed by atoms with E-state index in [2.05, 4.69) is 0 Å². The van der Waals surface area contributed by atoms with Crippen LogP contribution in [0.5, 0.6) is 0 Å². The monoisotopic (exact) mass is 264 g/mol. The predicted octanol–water partition coefficient (Wildman–Crippen LogP) is 3.20. The molecule has 2 radical (unpaired) electrons. The zero-order valence-electron chi connectivity index (χ0n) is 12.1. The number of ketones is 3. The summed E-state index contributed by atoms with van der Waals surface area (Å²) in [6, 6.07) is 0. The fourth-order valence-corrected chi connectivity index (χ4v) is 1.90. The summed E-state index contributed by atoms with van der Waals surface area (Å²) >= 11 is 0. The molecule has 0 bridgehead atoms. The van der Waals surface area contributed by atoms with E-state index < -0.39 is 0 Å². The van der Waals surface area contributed by atoms with E-state index >= 15 is 0 Å². The highest BCUT2D eigenvalue weighted by Gasteiger charge is 2.06. The maximum absolute atomic E-state index is 11.5. The van der Waals surface area contributed by atoms with Crippen molar-refractivity contribution in [3.63, 3.8) is 0 Å². The van der Waals surface area contributed by atoms with Gasteiger partial charge in [0.1, 0.15) is 17.3 Å². The number of hydrogen-bond donors (Lipinski definition) is 0. The molecule has 0 spiro atoms. The molecule has 0 aromatic rings. The summed E-state index contributed by atoms with van der Waals surface area (Å²) in [6.07, 6.45) is 7.29. The smallest absolute Gasteiger partial charge is 0.132 e. The van der Waals surface area contributed by atoms with Gasteiger partial charge in [-0.3, -0.25) is 9.59 Å². The molecule has 4 heteroatoms. The van der Waals surface area contributed by atoms with Gasteiger partial charge in [0, 0.05) is 32.1 Å². The third-order valence-electron chi connectivity index (χ3n) is 3.06. The van der Waals surface area contributed by atoms with Crippen molar-refractivity contribution < 1.29 is 14.4 Å². The van der Waals surface area contributed by atoms with Gasteiger partial charge in [-0.25, -0.2) is 0 Å². The Morgan fingerprint density at radius 2 is 1.11 bits per heavy atom. The zero-order chi connectivity index (χ0) is 14.5. The van der Waals surface area contributed by atoms with Crippen LogP contribution in [0.1, 0.15) is 71.1 Å². The van der Waals surface area contributed by atoms with Gasteiger partial charge in [0.2, 0.25) is 0 Å². The third kappa shape index (κ3) is 13.3. The molecule has 0 saturated carbocycles. The van der Waals surface area contributed by atoms with Crippen LogP contribution in [0.15, 0.2) is 0 Å². The first kappa shape index (κ1) is 18.1. The Hall–Kier alpha value is -0.925. The van der Waals surface area contributed by atoms with Crippen LogP contribution in [0, 0.1) is 0 Å². The fraction of sp³-hybridized carbons (Fsp3) is 0.800. The van der Waals surface area contributed by atoms with E-state index in [4.69, 9.17) is 7.85 Å². The van der Waals surface area contributed by atoms with Gasteiger partial charge >= 0.3 is 0 Å². The van der Waals surface area contributed by atoms with Gasteiger partial charge in [-0.2, -0.15) is 0 Å². The van der Waals surface area contributed by atoms with Crippen LogP contribution >= 0.6 is 0 Å². The van der Waals surface area contributed by atoms with Gasteiger partial charge in [0.25, 0.3) is 0 Å². The molecule has 0 rings (SSSR count). The first-order chi connectivity index (χ1) is 9.06. The number of Topliss-reactive ketones (excluding diaryl/α,β-unsaturated/α-hetero) is 3. The molecule has 0 saturated heterocycles. The predicted molar refractivity (Wildman–Crippen MR) is 77.4 cm³/mol. The first-order valence-corrected chi connectivity index (χ1v) is 7.29. The average Bonchev–Trinajstić information content (AvgIpc) is 2.35. The molecule has 0 fully saturated rings. The fourth-order valence-electron chi connectivity index (χ4n) is 1.90. The van der Waals surface area contributed by atoms with Crippen LogP contribution in [0.3, 0.4) is 0 Å². The molecule has 0 aromatic heterocycles. The Balaban J connectivity index is 3.42. The molecule has 0 atom stereocenters. The number of unbranched alkanes of at least 4 members (excludes halogenated alkanes) is 2. The third-order valence-corrected chi connectivity index (χ3v) is 3.06. The Bertz CT molecular complexity index is 287. The van der Waals surface area contributed by atoms with Crippen LogP contribution in [0.2, 0.25) is 6.32 Å². The van der Waals surface area contributed by atoms with Crippen molar-refractivity contribution in [3.8, 4) is 0 Å². The number of rotatable bonds is 13. The molecule has 0 amide bonds. The maximum Gasteiger partial charge on any atom is 0.132 e. The second-order valence-electron chi connectivity index (χ2n) is 5.09.